The summed E-state index contributed by atoms with van der Waals surface area (Å²) in [5, 5.41) is 7.71. The summed E-state index contributed by atoms with van der Waals surface area (Å²) in [6.07, 6.45) is 8.82. The summed E-state index contributed by atoms with van der Waals surface area (Å²) in [6, 6.07) is 2.27. The maximum atomic E-state index is 4.35. The van der Waals surface area contributed by atoms with Crippen LogP contribution in [0.3, 0.4) is 0 Å². The number of aryl methyl sites for hydroxylation is 2. The van der Waals surface area contributed by atoms with Crippen molar-refractivity contribution in [2.24, 2.45) is 0 Å². The van der Waals surface area contributed by atoms with Crippen molar-refractivity contribution in [1.82, 2.24) is 20.1 Å². The molecule has 1 N–H and O–H groups in total. The monoisotopic (exact) mass is 244 g/mol. The second kappa shape index (κ2) is 5.78. The van der Waals surface area contributed by atoms with Gasteiger partial charge in [-0.3, -0.25) is 9.67 Å². The van der Waals surface area contributed by atoms with Crippen molar-refractivity contribution in [1.29, 1.82) is 0 Å². The molecule has 2 aromatic heterocycles. The number of nitrogens with one attached hydrogen (secondary N) is 1. The minimum atomic E-state index is 0.184. The lowest BCUT2D eigenvalue weighted by Crippen LogP contribution is -2.18. The van der Waals surface area contributed by atoms with E-state index < -0.39 is 0 Å². The molecule has 0 radical (unpaired) electrons. The topological polar surface area (TPSA) is 42.7 Å². The van der Waals surface area contributed by atoms with Crippen LogP contribution < -0.4 is 5.32 Å². The summed E-state index contributed by atoms with van der Waals surface area (Å²) in [6.45, 7) is 5.14. The van der Waals surface area contributed by atoms with Crippen molar-refractivity contribution in [3.8, 4) is 0 Å². The molecule has 0 aliphatic carbocycles. The van der Waals surface area contributed by atoms with Crippen LogP contribution in [0.15, 0.2) is 30.9 Å². The zero-order valence-corrected chi connectivity index (χ0v) is 11.2. The van der Waals surface area contributed by atoms with E-state index in [1.54, 1.807) is 0 Å². The summed E-state index contributed by atoms with van der Waals surface area (Å²) >= 11 is 0. The van der Waals surface area contributed by atoms with Gasteiger partial charge in [-0.15, -0.1) is 0 Å². The number of hydrogen-bond acceptors (Lipinski definition) is 3. The summed E-state index contributed by atoms with van der Waals surface area (Å²) in [5.74, 6) is 0. The summed E-state index contributed by atoms with van der Waals surface area (Å²) in [4.78, 5) is 4.20. The van der Waals surface area contributed by atoms with E-state index in [2.05, 4.69) is 41.5 Å². The molecule has 96 valence electrons. The highest BCUT2D eigenvalue weighted by Gasteiger charge is 2.16. The molecule has 0 bridgehead atoms. The molecular weight excluding hydrogens is 224 g/mol. The van der Waals surface area contributed by atoms with Crippen LogP contribution in [0, 0.1) is 0 Å². The normalized spacial score (nSPS) is 12.6. The van der Waals surface area contributed by atoms with Gasteiger partial charge in [0.05, 0.1) is 12.2 Å². The number of hydrogen-bond donors (Lipinski definition) is 1. The molecule has 0 aliphatic rings. The van der Waals surface area contributed by atoms with Crippen molar-refractivity contribution in [2.75, 3.05) is 7.05 Å². The Morgan fingerprint density at radius 1 is 1.33 bits per heavy atom. The van der Waals surface area contributed by atoms with Crippen LogP contribution in [-0.4, -0.2) is 21.8 Å². The first kappa shape index (κ1) is 12.8. The molecule has 1 unspecified atom stereocenters. The van der Waals surface area contributed by atoms with Gasteiger partial charge < -0.3 is 5.32 Å². The number of rotatable bonds is 5. The Hall–Kier alpha value is -1.68. The molecule has 18 heavy (non-hydrogen) atoms. The summed E-state index contributed by atoms with van der Waals surface area (Å²) < 4.78 is 1.95. The van der Waals surface area contributed by atoms with E-state index in [1.807, 2.05) is 30.3 Å². The van der Waals surface area contributed by atoms with Crippen molar-refractivity contribution >= 4 is 0 Å². The third kappa shape index (κ3) is 2.43. The maximum Gasteiger partial charge on any atom is 0.0609 e. The Morgan fingerprint density at radius 3 is 2.78 bits per heavy atom. The largest absolute Gasteiger partial charge is 0.309 e. The second-order valence-electron chi connectivity index (χ2n) is 4.28. The molecule has 0 aliphatic heterocycles. The zero-order valence-electron chi connectivity index (χ0n) is 11.2. The molecule has 1 atom stereocenters. The zero-order chi connectivity index (χ0) is 13.0. The number of nitrogens with zero attached hydrogens (tertiary/aromatic N) is 3. The second-order valence-corrected chi connectivity index (χ2v) is 4.28. The molecule has 0 fully saturated rings. The fourth-order valence-corrected chi connectivity index (χ4v) is 2.22. The van der Waals surface area contributed by atoms with Crippen LogP contribution in [0.1, 0.15) is 36.6 Å². The van der Waals surface area contributed by atoms with Crippen LogP contribution >= 0.6 is 0 Å². The third-order valence-corrected chi connectivity index (χ3v) is 3.23. The average Bonchev–Trinajstić information content (AvgIpc) is 2.89. The first-order chi connectivity index (χ1) is 8.80. The molecule has 0 amide bonds. The minimum absolute atomic E-state index is 0.184. The van der Waals surface area contributed by atoms with Gasteiger partial charge in [0.25, 0.3) is 0 Å². The van der Waals surface area contributed by atoms with E-state index in [0.717, 1.165) is 13.0 Å². The van der Waals surface area contributed by atoms with Gasteiger partial charge in [0, 0.05) is 30.7 Å². The van der Waals surface area contributed by atoms with Gasteiger partial charge in [0.1, 0.15) is 0 Å². The molecule has 0 spiro atoms. The quantitative estimate of drug-likeness (QED) is 0.876. The van der Waals surface area contributed by atoms with Crippen molar-refractivity contribution in [2.45, 2.75) is 32.9 Å². The molecule has 2 rings (SSSR count). The van der Waals surface area contributed by atoms with E-state index >= 15 is 0 Å². The molecule has 2 aromatic rings. The van der Waals surface area contributed by atoms with Gasteiger partial charge in [-0.25, -0.2) is 0 Å². The van der Waals surface area contributed by atoms with Crippen LogP contribution in [-0.2, 0) is 13.0 Å². The average molecular weight is 244 g/mol. The van der Waals surface area contributed by atoms with Crippen LogP contribution in [0.25, 0.3) is 0 Å². The Morgan fingerprint density at radius 2 is 2.17 bits per heavy atom. The maximum absolute atomic E-state index is 4.35. The van der Waals surface area contributed by atoms with Crippen molar-refractivity contribution in [3.63, 3.8) is 0 Å². The minimum Gasteiger partial charge on any atom is -0.309 e. The predicted molar refractivity (Wildman–Crippen MR) is 72.4 cm³/mol. The van der Waals surface area contributed by atoms with Crippen LogP contribution in [0.2, 0.25) is 0 Å². The van der Waals surface area contributed by atoms with Crippen molar-refractivity contribution < 1.29 is 0 Å². The van der Waals surface area contributed by atoms with Gasteiger partial charge in [-0.2, -0.15) is 5.10 Å². The number of aromatic nitrogens is 3. The number of pyridine rings is 1. The Kier molecular flexibility index (Phi) is 4.10. The summed E-state index contributed by atoms with van der Waals surface area (Å²) in [5.41, 5.74) is 3.76. The SMILES string of the molecule is CCc1cnccc1C(NC)c1cnn(CC)c1. The molecule has 4 heteroatoms. The molecule has 2 heterocycles. The fourth-order valence-electron chi connectivity index (χ4n) is 2.22. The highest BCUT2D eigenvalue weighted by Crippen LogP contribution is 2.24. The smallest absolute Gasteiger partial charge is 0.0609 e. The van der Waals surface area contributed by atoms with Gasteiger partial charge in [-0.1, -0.05) is 6.92 Å². The van der Waals surface area contributed by atoms with Crippen LogP contribution in [0.4, 0.5) is 0 Å². The molecule has 0 saturated heterocycles. The Balaban J connectivity index is 2.38. The van der Waals surface area contributed by atoms with Gasteiger partial charge >= 0.3 is 0 Å². The van der Waals surface area contributed by atoms with Gasteiger partial charge in [0.15, 0.2) is 0 Å². The van der Waals surface area contributed by atoms with Gasteiger partial charge in [0.2, 0.25) is 0 Å². The van der Waals surface area contributed by atoms with Gasteiger partial charge in [-0.05, 0) is 37.6 Å². The molecule has 0 saturated carbocycles. The van der Waals surface area contributed by atoms with E-state index in [9.17, 15) is 0 Å². The summed E-state index contributed by atoms with van der Waals surface area (Å²) in [7, 11) is 1.98. The Labute approximate surface area is 108 Å². The van der Waals surface area contributed by atoms with Crippen molar-refractivity contribution in [3.05, 3.63) is 47.5 Å². The highest BCUT2D eigenvalue weighted by atomic mass is 15.3. The van der Waals surface area contributed by atoms with E-state index in [1.165, 1.54) is 16.7 Å². The van der Waals surface area contributed by atoms with Crippen LogP contribution in [0.5, 0.6) is 0 Å². The standard InChI is InChI=1S/C14H20N4/c1-4-11-8-16-7-6-13(11)14(15-3)12-9-17-18(5-2)10-12/h6-10,14-15H,4-5H2,1-3H3. The molecule has 0 aromatic carbocycles. The molecule has 4 nitrogen and oxygen atoms in total. The lowest BCUT2D eigenvalue weighted by Gasteiger charge is -2.18. The lowest BCUT2D eigenvalue weighted by molar-refractivity contribution is 0.652. The first-order valence-corrected chi connectivity index (χ1v) is 6.42. The van der Waals surface area contributed by atoms with E-state index in [0.29, 0.717) is 0 Å². The molecular formula is C14H20N4. The highest BCUT2D eigenvalue weighted by molar-refractivity contribution is 5.34. The van der Waals surface area contributed by atoms with E-state index in [4.69, 9.17) is 0 Å². The fraction of sp³-hybridized carbons (Fsp3) is 0.429. The third-order valence-electron chi connectivity index (χ3n) is 3.23. The van der Waals surface area contributed by atoms with E-state index in [-0.39, 0.29) is 6.04 Å². The Bertz CT molecular complexity index is 504. The predicted octanol–water partition coefficient (Wildman–Crippen LogP) is 2.17. The lowest BCUT2D eigenvalue weighted by atomic mass is 9.97. The first-order valence-electron chi connectivity index (χ1n) is 6.42.